The summed E-state index contributed by atoms with van der Waals surface area (Å²) in [5, 5.41) is 0. The first-order valence-electron chi connectivity index (χ1n) is 5.13. The zero-order valence-corrected chi connectivity index (χ0v) is 8.88. The van der Waals surface area contributed by atoms with Gasteiger partial charge in [-0.2, -0.15) is 0 Å². The first-order chi connectivity index (χ1) is 6.15. The zero-order valence-electron chi connectivity index (χ0n) is 8.88. The summed E-state index contributed by atoms with van der Waals surface area (Å²) in [5.41, 5.74) is 0. The van der Waals surface area contributed by atoms with Gasteiger partial charge in [0.1, 0.15) is 12.1 Å². The zero-order chi connectivity index (χ0) is 10.3. The fourth-order valence-corrected chi connectivity index (χ4v) is 1.17. The smallest absolute Gasteiger partial charge is 0.135 e. The molecule has 76 valence electrons. The van der Waals surface area contributed by atoms with E-state index in [4.69, 9.17) is 0 Å². The minimum atomic E-state index is 0.0769. The number of Topliss-reactive ketones (excluding diaryl/α,β-unsaturated/α-hetero) is 1. The van der Waals surface area contributed by atoms with Crippen LogP contribution in [0.15, 0.2) is 0 Å². The van der Waals surface area contributed by atoms with Crippen molar-refractivity contribution < 1.29 is 9.59 Å². The molecule has 0 spiro atoms. The average molecular weight is 184 g/mol. The molecule has 2 unspecified atom stereocenters. The SMILES string of the molecule is CCC(C=O)CCC(=O)C(C)CC. The second kappa shape index (κ2) is 6.81. The summed E-state index contributed by atoms with van der Waals surface area (Å²) in [6.07, 6.45) is 3.99. The summed E-state index contributed by atoms with van der Waals surface area (Å²) in [6.45, 7) is 5.94. The van der Waals surface area contributed by atoms with Gasteiger partial charge in [0.25, 0.3) is 0 Å². The van der Waals surface area contributed by atoms with Crippen LogP contribution >= 0.6 is 0 Å². The van der Waals surface area contributed by atoms with E-state index in [2.05, 4.69) is 0 Å². The molecule has 0 radical (unpaired) electrons. The van der Waals surface area contributed by atoms with Gasteiger partial charge in [-0.25, -0.2) is 0 Å². The Morgan fingerprint density at radius 2 is 1.92 bits per heavy atom. The van der Waals surface area contributed by atoms with Crippen molar-refractivity contribution in [3.8, 4) is 0 Å². The first-order valence-corrected chi connectivity index (χ1v) is 5.13. The lowest BCUT2D eigenvalue weighted by Crippen LogP contribution is -2.12. The Kier molecular flexibility index (Phi) is 6.47. The molecule has 0 N–H and O–H groups in total. The molecule has 0 aliphatic carbocycles. The lowest BCUT2D eigenvalue weighted by molar-refractivity contribution is -0.122. The normalized spacial score (nSPS) is 15.0. The van der Waals surface area contributed by atoms with Gasteiger partial charge in [-0.05, 0) is 19.3 Å². The van der Waals surface area contributed by atoms with Crippen molar-refractivity contribution in [1.29, 1.82) is 0 Å². The van der Waals surface area contributed by atoms with Crippen molar-refractivity contribution in [2.75, 3.05) is 0 Å². The third kappa shape index (κ3) is 4.81. The van der Waals surface area contributed by atoms with Gasteiger partial charge in [-0.15, -0.1) is 0 Å². The van der Waals surface area contributed by atoms with E-state index in [1.165, 1.54) is 0 Å². The molecular weight excluding hydrogens is 164 g/mol. The number of aldehydes is 1. The van der Waals surface area contributed by atoms with E-state index in [0.717, 1.165) is 25.5 Å². The van der Waals surface area contributed by atoms with Crippen LogP contribution in [-0.4, -0.2) is 12.1 Å². The number of carbonyl (C=O) groups excluding carboxylic acids is 2. The quantitative estimate of drug-likeness (QED) is 0.570. The van der Waals surface area contributed by atoms with Crippen molar-refractivity contribution in [1.82, 2.24) is 0 Å². The van der Waals surface area contributed by atoms with E-state index < -0.39 is 0 Å². The lowest BCUT2D eigenvalue weighted by atomic mass is 9.94. The van der Waals surface area contributed by atoms with Crippen molar-refractivity contribution in [3.63, 3.8) is 0 Å². The number of carbonyl (C=O) groups is 2. The first kappa shape index (κ1) is 12.3. The van der Waals surface area contributed by atoms with E-state index in [-0.39, 0.29) is 11.8 Å². The van der Waals surface area contributed by atoms with Crippen LogP contribution in [0.3, 0.4) is 0 Å². The van der Waals surface area contributed by atoms with Gasteiger partial charge in [0.15, 0.2) is 0 Å². The van der Waals surface area contributed by atoms with Crippen LogP contribution < -0.4 is 0 Å². The second-order valence-corrected chi connectivity index (χ2v) is 3.62. The van der Waals surface area contributed by atoms with Gasteiger partial charge in [0.2, 0.25) is 0 Å². The van der Waals surface area contributed by atoms with Crippen LogP contribution in [0.25, 0.3) is 0 Å². The molecule has 2 heteroatoms. The van der Waals surface area contributed by atoms with Crippen LogP contribution in [0, 0.1) is 11.8 Å². The van der Waals surface area contributed by atoms with E-state index in [9.17, 15) is 9.59 Å². The van der Waals surface area contributed by atoms with Crippen LogP contribution in [0.5, 0.6) is 0 Å². The number of ketones is 1. The second-order valence-electron chi connectivity index (χ2n) is 3.62. The molecule has 0 rings (SSSR count). The van der Waals surface area contributed by atoms with Crippen molar-refractivity contribution in [3.05, 3.63) is 0 Å². The Labute approximate surface area is 80.7 Å². The van der Waals surface area contributed by atoms with E-state index in [0.29, 0.717) is 12.2 Å². The van der Waals surface area contributed by atoms with E-state index in [1.807, 2.05) is 20.8 Å². The Hall–Kier alpha value is -0.660. The third-order valence-corrected chi connectivity index (χ3v) is 2.64. The molecular formula is C11H20O2. The maximum atomic E-state index is 11.4. The van der Waals surface area contributed by atoms with Gasteiger partial charge < -0.3 is 4.79 Å². The minimum Gasteiger partial charge on any atom is -0.303 e. The Bertz CT molecular complexity index is 163. The third-order valence-electron chi connectivity index (χ3n) is 2.64. The predicted molar refractivity (Wildman–Crippen MR) is 53.5 cm³/mol. The summed E-state index contributed by atoms with van der Waals surface area (Å²) >= 11 is 0. The van der Waals surface area contributed by atoms with Crippen LogP contribution in [0.4, 0.5) is 0 Å². The largest absolute Gasteiger partial charge is 0.303 e. The summed E-state index contributed by atoms with van der Waals surface area (Å²) in [6, 6.07) is 0. The maximum absolute atomic E-state index is 11.4. The topological polar surface area (TPSA) is 34.1 Å². The van der Waals surface area contributed by atoms with Gasteiger partial charge in [0.05, 0.1) is 0 Å². The van der Waals surface area contributed by atoms with Gasteiger partial charge in [0, 0.05) is 18.3 Å². The molecule has 0 aromatic rings. The summed E-state index contributed by atoms with van der Waals surface area (Å²) in [5.74, 6) is 0.528. The highest BCUT2D eigenvalue weighted by Gasteiger charge is 2.12. The highest BCUT2D eigenvalue weighted by atomic mass is 16.1. The molecule has 0 aromatic carbocycles. The van der Waals surface area contributed by atoms with Gasteiger partial charge in [-0.1, -0.05) is 20.8 Å². The molecule has 0 heterocycles. The highest BCUT2D eigenvalue weighted by molar-refractivity contribution is 5.80. The molecule has 0 fully saturated rings. The standard InChI is InChI=1S/C11H20O2/c1-4-9(3)11(13)7-6-10(5-2)8-12/h8-10H,4-7H2,1-3H3. The highest BCUT2D eigenvalue weighted by Crippen LogP contribution is 2.12. The van der Waals surface area contributed by atoms with Crippen LogP contribution in [-0.2, 0) is 9.59 Å². The van der Waals surface area contributed by atoms with E-state index in [1.54, 1.807) is 0 Å². The summed E-state index contributed by atoms with van der Waals surface area (Å²) < 4.78 is 0. The fourth-order valence-electron chi connectivity index (χ4n) is 1.17. The molecule has 0 bridgehead atoms. The molecule has 0 aliphatic rings. The average Bonchev–Trinajstić information content (AvgIpc) is 2.17. The summed E-state index contributed by atoms with van der Waals surface area (Å²) in [7, 11) is 0. The van der Waals surface area contributed by atoms with Crippen LogP contribution in [0.1, 0.15) is 46.5 Å². The van der Waals surface area contributed by atoms with E-state index >= 15 is 0 Å². The fraction of sp³-hybridized carbons (Fsp3) is 0.818. The Balaban J connectivity index is 3.74. The predicted octanol–water partition coefficient (Wildman–Crippen LogP) is 2.61. The molecule has 0 amide bonds. The molecule has 0 aromatic heterocycles. The maximum Gasteiger partial charge on any atom is 0.135 e. The van der Waals surface area contributed by atoms with Crippen molar-refractivity contribution >= 4 is 12.1 Å². The van der Waals surface area contributed by atoms with Crippen molar-refractivity contribution in [2.45, 2.75) is 46.5 Å². The molecule has 13 heavy (non-hydrogen) atoms. The number of rotatable bonds is 7. The molecule has 2 atom stereocenters. The van der Waals surface area contributed by atoms with Gasteiger partial charge in [-0.3, -0.25) is 4.79 Å². The Morgan fingerprint density at radius 1 is 1.31 bits per heavy atom. The van der Waals surface area contributed by atoms with Crippen molar-refractivity contribution in [2.24, 2.45) is 11.8 Å². The molecule has 2 nitrogen and oxygen atoms in total. The molecule has 0 aliphatic heterocycles. The number of hydrogen-bond acceptors (Lipinski definition) is 2. The van der Waals surface area contributed by atoms with Gasteiger partial charge >= 0.3 is 0 Å². The molecule has 0 saturated carbocycles. The lowest BCUT2D eigenvalue weighted by Gasteiger charge is -2.09. The summed E-state index contributed by atoms with van der Waals surface area (Å²) in [4.78, 5) is 21.9. The number of hydrogen-bond donors (Lipinski definition) is 0. The molecule has 0 saturated heterocycles. The minimum absolute atomic E-state index is 0.0769. The Morgan fingerprint density at radius 3 is 2.31 bits per heavy atom. The van der Waals surface area contributed by atoms with Crippen LogP contribution in [0.2, 0.25) is 0 Å². The monoisotopic (exact) mass is 184 g/mol.